The Morgan fingerprint density at radius 2 is 0.850 bits per heavy atom. The second kappa shape index (κ2) is 11.4. The Morgan fingerprint density at radius 1 is 0.500 bits per heavy atom. The minimum absolute atomic E-state index is 0.0409. The molecule has 4 nitrogen and oxygen atoms in total. The van der Waals surface area contributed by atoms with Gasteiger partial charge in [-0.15, -0.1) is 0 Å². The van der Waals surface area contributed by atoms with Crippen LogP contribution in [0, 0.1) is 23.7 Å². The molecule has 2 aliphatic rings. The number of rotatable bonds is 5. The van der Waals surface area contributed by atoms with Crippen LogP contribution in [0.3, 0.4) is 0 Å². The highest BCUT2D eigenvalue weighted by molar-refractivity contribution is 5.96. The summed E-state index contributed by atoms with van der Waals surface area (Å²) in [6, 6.07) is 31.6. The molecule has 0 aromatic heterocycles. The van der Waals surface area contributed by atoms with Crippen LogP contribution in [0.15, 0.2) is 97.1 Å². The maximum atomic E-state index is 13.5. The summed E-state index contributed by atoms with van der Waals surface area (Å²) >= 11 is 0. The summed E-state index contributed by atoms with van der Waals surface area (Å²) in [6.45, 7) is 0.954. The summed E-state index contributed by atoms with van der Waals surface area (Å²) in [4.78, 5) is 30.8. The van der Waals surface area contributed by atoms with Crippen molar-refractivity contribution in [3.05, 3.63) is 130 Å². The number of benzene rings is 4. The van der Waals surface area contributed by atoms with E-state index in [-0.39, 0.29) is 11.8 Å². The number of carbonyl (C=O) groups is 2. The second-order valence-corrected chi connectivity index (χ2v) is 10.0. The summed E-state index contributed by atoms with van der Waals surface area (Å²) in [6.07, 6.45) is 1.98. The average molecular weight is 521 g/mol. The van der Waals surface area contributed by atoms with Gasteiger partial charge in [-0.05, 0) is 60.4 Å². The summed E-state index contributed by atoms with van der Waals surface area (Å²) in [5, 5.41) is 0. The molecular formula is C36H28N2O2. The zero-order valence-electron chi connectivity index (χ0n) is 22.2. The third-order valence-electron chi connectivity index (χ3n) is 7.38. The van der Waals surface area contributed by atoms with E-state index in [4.69, 9.17) is 0 Å². The molecule has 0 spiro atoms. The average Bonchev–Trinajstić information content (AvgIpc) is 2.97. The predicted molar refractivity (Wildman–Crippen MR) is 159 cm³/mol. The van der Waals surface area contributed by atoms with E-state index in [2.05, 4.69) is 23.7 Å². The minimum atomic E-state index is 0.0409. The first-order chi connectivity index (χ1) is 19.7. The number of hydrogen-bond donors (Lipinski definition) is 0. The van der Waals surface area contributed by atoms with E-state index >= 15 is 0 Å². The number of para-hydroxylation sites is 2. The lowest BCUT2D eigenvalue weighted by Crippen LogP contribution is -2.32. The number of hydrogen-bond acceptors (Lipinski definition) is 2. The lowest BCUT2D eigenvalue weighted by atomic mass is 10.0. The van der Waals surface area contributed by atoms with Gasteiger partial charge < -0.3 is 9.80 Å². The molecule has 0 unspecified atom stereocenters. The van der Waals surface area contributed by atoms with E-state index < -0.39 is 0 Å². The third kappa shape index (κ3) is 5.26. The van der Waals surface area contributed by atoms with Crippen LogP contribution in [-0.4, -0.2) is 11.8 Å². The SMILES string of the molecule is O=C(CCCCC(=O)N1Cc2ccccc2C#Cc2ccccc21)N1Cc2ccccc2C#Cc2ccccc21. The van der Waals surface area contributed by atoms with Crippen molar-refractivity contribution in [1.29, 1.82) is 0 Å². The van der Waals surface area contributed by atoms with Crippen molar-refractivity contribution >= 4 is 23.2 Å². The van der Waals surface area contributed by atoms with Crippen LogP contribution in [0.2, 0.25) is 0 Å². The Labute approximate surface area is 235 Å². The van der Waals surface area contributed by atoms with Gasteiger partial charge in [0.25, 0.3) is 0 Å². The number of anilines is 2. The number of unbranched alkanes of at least 4 members (excludes halogenated alkanes) is 1. The molecule has 0 bridgehead atoms. The van der Waals surface area contributed by atoms with Crippen LogP contribution < -0.4 is 9.80 Å². The van der Waals surface area contributed by atoms with E-state index in [9.17, 15) is 9.59 Å². The molecule has 4 heteroatoms. The van der Waals surface area contributed by atoms with Crippen molar-refractivity contribution in [3.63, 3.8) is 0 Å². The fourth-order valence-corrected chi connectivity index (χ4v) is 5.24. The van der Waals surface area contributed by atoms with Gasteiger partial charge in [-0.3, -0.25) is 9.59 Å². The third-order valence-corrected chi connectivity index (χ3v) is 7.38. The number of carbonyl (C=O) groups excluding carboxylic acids is 2. The Bertz CT molecular complexity index is 1600. The van der Waals surface area contributed by atoms with Crippen molar-refractivity contribution in [2.75, 3.05) is 9.80 Å². The molecule has 0 radical (unpaired) electrons. The largest absolute Gasteiger partial charge is 0.307 e. The standard InChI is InChI=1S/C36H28N2O2/c39-35(37-25-31-15-3-1-11-27(31)21-23-29-13-5-7-17-33(29)37)19-9-10-20-36(40)38-26-32-16-4-2-12-28(32)22-24-30-14-6-8-18-34(30)38/h1-8,11-18H,9-10,19-20,25-26H2. The first kappa shape index (κ1) is 25.2. The Hall–Kier alpha value is -5.06. The molecule has 0 saturated carbocycles. The Morgan fingerprint density at radius 3 is 1.30 bits per heavy atom. The Balaban J connectivity index is 1.15. The van der Waals surface area contributed by atoms with Gasteiger partial charge in [0.2, 0.25) is 11.8 Å². The molecule has 2 amide bonds. The minimum Gasteiger partial charge on any atom is -0.307 e. The van der Waals surface area contributed by atoms with Gasteiger partial charge in [0.15, 0.2) is 0 Å². The normalized spacial score (nSPS) is 12.8. The van der Waals surface area contributed by atoms with Gasteiger partial charge in [-0.2, -0.15) is 0 Å². The van der Waals surface area contributed by atoms with Crippen molar-refractivity contribution in [2.45, 2.75) is 38.8 Å². The summed E-state index contributed by atoms with van der Waals surface area (Å²) in [7, 11) is 0. The zero-order chi connectivity index (χ0) is 27.3. The topological polar surface area (TPSA) is 40.6 Å². The van der Waals surface area contributed by atoms with Crippen LogP contribution >= 0.6 is 0 Å². The summed E-state index contributed by atoms with van der Waals surface area (Å²) in [5.74, 6) is 13.1. The molecular weight excluding hydrogens is 492 g/mol. The van der Waals surface area contributed by atoms with Crippen molar-refractivity contribution < 1.29 is 9.59 Å². The van der Waals surface area contributed by atoms with E-state index in [1.54, 1.807) is 0 Å². The van der Waals surface area contributed by atoms with E-state index in [1.165, 1.54) is 0 Å². The van der Waals surface area contributed by atoms with E-state index in [0.29, 0.717) is 38.8 Å². The van der Waals surface area contributed by atoms with Crippen molar-refractivity contribution in [3.8, 4) is 23.7 Å². The number of amides is 2. The van der Waals surface area contributed by atoms with Crippen LogP contribution in [-0.2, 0) is 22.7 Å². The maximum absolute atomic E-state index is 13.5. The number of nitrogens with zero attached hydrogens (tertiary/aromatic N) is 2. The van der Waals surface area contributed by atoms with Gasteiger partial charge in [-0.25, -0.2) is 0 Å². The molecule has 0 fully saturated rings. The maximum Gasteiger partial charge on any atom is 0.227 e. The highest BCUT2D eigenvalue weighted by Gasteiger charge is 2.23. The zero-order valence-corrected chi connectivity index (χ0v) is 22.2. The van der Waals surface area contributed by atoms with Gasteiger partial charge in [-0.1, -0.05) is 84.3 Å². The fraction of sp³-hybridized carbons (Fsp3) is 0.167. The molecule has 2 heterocycles. The molecule has 6 rings (SSSR count). The molecule has 194 valence electrons. The quantitative estimate of drug-likeness (QED) is 0.224. The van der Waals surface area contributed by atoms with E-state index in [0.717, 1.165) is 44.8 Å². The second-order valence-electron chi connectivity index (χ2n) is 10.0. The van der Waals surface area contributed by atoms with Crippen LogP contribution in [0.4, 0.5) is 11.4 Å². The smallest absolute Gasteiger partial charge is 0.227 e. The molecule has 0 atom stereocenters. The van der Waals surface area contributed by atoms with Gasteiger partial charge in [0.1, 0.15) is 0 Å². The molecule has 0 aliphatic carbocycles. The molecule has 4 aromatic rings. The summed E-state index contributed by atoms with van der Waals surface area (Å²) in [5.41, 5.74) is 7.32. The van der Waals surface area contributed by atoms with Crippen LogP contribution in [0.5, 0.6) is 0 Å². The molecule has 4 aromatic carbocycles. The number of fused-ring (bicyclic) bond motifs is 4. The lowest BCUT2D eigenvalue weighted by Gasteiger charge is -2.27. The van der Waals surface area contributed by atoms with Gasteiger partial charge in [0, 0.05) is 35.1 Å². The monoisotopic (exact) mass is 520 g/mol. The van der Waals surface area contributed by atoms with Gasteiger partial charge >= 0.3 is 0 Å². The van der Waals surface area contributed by atoms with E-state index in [1.807, 2.05) is 107 Å². The molecule has 0 saturated heterocycles. The molecule has 2 aliphatic heterocycles. The lowest BCUT2D eigenvalue weighted by molar-refractivity contribution is -0.120. The highest BCUT2D eigenvalue weighted by atomic mass is 16.2. The highest BCUT2D eigenvalue weighted by Crippen LogP contribution is 2.28. The fourth-order valence-electron chi connectivity index (χ4n) is 5.24. The molecule has 0 N–H and O–H groups in total. The van der Waals surface area contributed by atoms with Crippen LogP contribution in [0.25, 0.3) is 0 Å². The van der Waals surface area contributed by atoms with Crippen molar-refractivity contribution in [2.24, 2.45) is 0 Å². The first-order valence-corrected chi connectivity index (χ1v) is 13.7. The van der Waals surface area contributed by atoms with Crippen molar-refractivity contribution in [1.82, 2.24) is 0 Å². The van der Waals surface area contributed by atoms with Crippen LogP contribution in [0.1, 0.15) is 59.1 Å². The Kier molecular flexibility index (Phi) is 7.16. The predicted octanol–water partition coefficient (Wildman–Crippen LogP) is 6.44. The van der Waals surface area contributed by atoms with Gasteiger partial charge in [0.05, 0.1) is 24.5 Å². The molecule has 40 heavy (non-hydrogen) atoms. The summed E-state index contributed by atoms with van der Waals surface area (Å²) < 4.78 is 0. The first-order valence-electron chi connectivity index (χ1n) is 13.7.